The highest BCUT2D eigenvalue weighted by Gasteiger charge is 2.35. The molecule has 6 heteroatoms. The number of hydrogen-bond donors (Lipinski definition) is 0. The van der Waals surface area contributed by atoms with Crippen LogP contribution in [-0.4, -0.2) is 53.8 Å². The third-order valence-corrected chi connectivity index (χ3v) is 5.77. The molecule has 1 aromatic heterocycles. The highest BCUT2D eigenvalue weighted by atomic mass is 32.1. The van der Waals surface area contributed by atoms with Crippen molar-refractivity contribution in [2.75, 3.05) is 27.2 Å². The van der Waals surface area contributed by atoms with Crippen molar-refractivity contribution in [1.29, 1.82) is 0 Å². The number of aromatic nitrogens is 1. The van der Waals surface area contributed by atoms with Crippen LogP contribution >= 0.6 is 11.3 Å². The van der Waals surface area contributed by atoms with Crippen LogP contribution in [0.4, 0.5) is 0 Å². The Hall–Kier alpha value is -1.43. The van der Waals surface area contributed by atoms with Gasteiger partial charge in [0.2, 0.25) is 5.91 Å². The second-order valence-electron chi connectivity index (χ2n) is 6.69. The van der Waals surface area contributed by atoms with Crippen LogP contribution in [0.3, 0.4) is 0 Å². The van der Waals surface area contributed by atoms with Crippen LogP contribution in [0.15, 0.2) is 0 Å². The van der Waals surface area contributed by atoms with Crippen molar-refractivity contribution in [3.63, 3.8) is 0 Å². The predicted octanol–water partition coefficient (Wildman–Crippen LogP) is 1.82. The molecule has 0 bridgehead atoms. The van der Waals surface area contributed by atoms with E-state index in [0.29, 0.717) is 16.8 Å². The molecule has 2 amide bonds. The lowest BCUT2D eigenvalue weighted by atomic mass is 9.75. The van der Waals surface area contributed by atoms with Gasteiger partial charge in [0.05, 0.1) is 5.69 Å². The zero-order valence-corrected chi connectivity index (χ0v) is 14.3. The number of rotatable bonds is 2. The standard InChI is InChI=1S/C16H23N3O2S/c1-10-8-11(9-10)15(20)19-6-4-12-13(5-7-19)22-14(17-12)16(21)18(2)3/h10-11H,4-9H2,1-3H3. The summed E-state index contributed by atoms with van der Waals surface area (Å²) in [5.41, 5.74) is 1.01. The van der Waals surface area contributed by atoms with Gasteiger partial charge in [0.15, 0.2) is 5.01 Å². The summed E-state index contributed by atoms with van der Waals surface area (Å²) < 4.78 is 0. The SMILES string of the molecule is CC1CC(C(=O)N2CCc3nc(C(=O)N(C)C)sc3CC2)C1. The Balaban J connectivity index is 1.65. The van der Waals surface area contributed by atoms with Gasteiger partial charge in [-0.2, -0.15) is 0 Å². The van der Waals surface area contributed by atoms with Gasteiger partial charge < -0.3 is 9.80 Å². The lowest BCUT2D eigenvalue weighted by Crippen LogP contribution is -2.42. The van der Waals surface area contributed by atoms with E-state index in [9.17, 15) is 9.59 Å². The van der Waals surface area contributed by atoms with Gasteiger partial charge in [-0.15, -0.1) is 11.3 Å². The first-order valence-corrected chi connectivity index (χ1v) is 8.76. The quantitative estimate of drug-likeness (QED) is 0.835. The number of carbonyl (C=O) groups excluding carboxylic acids is 2. The van der Waals surface area contributed by atoms with E-state index in [1.165, 1.54) is 16.2 Å². The Bertz CT molecular complexity index is 565. The minimum Gasteiger partial charge on any atom is -0.343 e. The maximum Gasteiger partial charge on any atom is 0.282 e. The van der Waals surface area contributed by atoms with Crippen molar-refractivity contribution in [2.45, 2.75) is 32.6 Å². The fourth-order valence-electron chi connectivity index (χ4n) is 3.23. The molecule has 1 fully saturated rings. The van der Waals surface area contributed by atoms with Crippen LogP contribution in [0.2, 0.25) is 0 Å². The minimum atomic E-state index is -0.0329. The summed E-state index contributed by atoms with van der Waals surface area (Å²) in [5, 5.41) is 0.572. The summed E-state index contributed by atoms with van der Waals surface area (Å²) in [6.45, 7) is 3.70. The second-order valence-corrected chi connectivity index (χ2v) is 7.77. The van der Waals surface area contributed by atoms with Gasteiger partial charge in [-0.1, -0.05) is 6.92 Å². The van der Waals surface area contributed by atoms with Crippen LogP contribution < -0.4 is 0 Å². The molecule has 5 nitrogen and oxygen atoms in total. The number of carbonyl (C=O) groups is 2. The van der Waals surface area contributed by atoms with Crippen LogP contribution in [0.5, 0.6) is 0 Å². The van der Waals surface area contributed by atoms with Crippen molar-refractivity contribution in [3.05, 3.63) is 15.6 Å². The molecule has 0 atom stereocenters. The number of hydrogen-bond acceptors (Lipinski definition) is 4. The Morgan fingerprint density at radius 1 is 1.23 bits per heavy atom. The molecule has 1 saturated carbocycles. The predicted molar refractivity (Wildman–Crippen MR) is 86.0 cm³/mol. The van der Waals surface area contributed by atoms with Crippen molar-refractivity contribution in [1.82, 2.24) is 14.8 Å². The first kappa shape index (κ1) is 15.5. The molecule has 0 saturated heterocycles. The molecule has 2 aliphatic rings. The molecule has 1 aromatic rings. The monoisotopic (exact) mass is 321 g/mol. The van der Waals surface area contributed by atoms with E-state index in [1.54, 1.807) is 19.0 Å². The summed E-state index contributed by atoms with van der Waals surface area (Å²) in [6.07, 6.45) is 3.66. The summed E-state index contributed by atoms with van der Waals surface area (Å²) >= 11 is 1.49. The topological polar surface area (TPSA) is 53.5 Å². The molecule has 0 N–H and O–H groups in total. The minimum absolute atomic E-state index is 0.0329. The molecular formula is C16H23N3O2S. The molecule has 0 aromatic carbocycles. The second kappa shape index (κ2) is 5.99. The van der Waals surface area contributed by atoms with Crippen molar-refractivity contribution in [2.24, 2.45) is 11.8 Å². The van der Waals surface area contributed by atoms with E-state index in [0.717, 1.165) is 44.5 Å². The molecule has 0 unspecified atom stereocenters. The van der Waals surface area contributed by atoms with Crippen LogP contribution in [0.1, 0.15) is 40.1 Å². The summed E-state index contributed by atoms with van der Waals surface area (Å²) in [5.74, 6) is 1.22. The van der Waals surface area contributed by atoms with Crippen molar-refractivity contribution < 1.29 is 9.59 Å². The zero-order chi connectivity index (χ0) is 15.9. The molecule has 1 aliphatic carbocycles. The fraction of sp³-hybridized carbons (Fsp3) is 0.688. The van der Waals surface area contributed by atoms with E-state index < -0.39 is 0 Å². The van der Waals surface area contributed by atoms with Gasteiger partial charge in [-0.3, -0.25) is 9.59 Å². The van der Waals surface area contributed by atoms with Gasteiger partial charge in [0, 0.05) is 50.8 Å². The van der Waals surface area contributed by atoms with E-state index >= 15 is 0 Å². The van der Waals surface area contributed by atoms with E-state index in [-0.39, 0.29) is 11.8 Å². The molecular weight excluding hydrogens is 298 g/mol. The van der Waals surface area contributed by atoms with E-state index in [4.69, 9.17) is 0 Å². The Labute approximate surface area is 135 Å². The zero-order valence-electron chi connectivity index (χ0n) is 13.5. The Morgan fingerprint density at radius 2 is 1.91 bits per heavy atom. The van der Waals surface area contributed by atoms with E-state index in [2.05, 4.69) is 11.9 Å². The highest BCUT2D eigenvalue weighted by Crippen LogP contribution is 2.35. The van der Waals surface area contributed by atoms with Gasteiger partial charge >= 0.3 is 0 Å². The van der Waals surface area contributed by atoms with Crippen LogP contribution in [0.25, 0.3) is 0 Å². The molecule has 120 valence electrons. The molecule has 2 heterocycles. The van der Waals surface area contributed by atoms with E-state index in [1.807, 2.05) is 4.90 Å². The lowest BCUT2D eigenvalue weighted by molar-refractivity contribution is -0.139. The largest absolute Gasteiger partial charge is 0.343 e. The summed E-state index contributed by atoms with van der Waals surface area (Å²) in [6, 6.07) is 0. The third kappa shape index (κ3) is 2.89. The third-order valence-electron chi connectivity index (χ3n) is 4.63. The Kier molecular flexibility index (Phi) is 4.21. The van der Waals surface area contributed by atoms with Gasteiger partial charge in [-0.05, 0) is 18.8 Å². The number of amides is 2. The maximum absolute atomic E-state index is 12.5. The number of thiazole rings is 1. The molecule has 1 aliphatic heterocycles. The van der Waals surface area contributed by atoms with Gasteiger partial charge in [0.1, 0.15) is 0 Å². The maximum atomic E-state index is 12.5. The summed E-state index contributed by atoms with van der Waals surface area (Å²) in [4.78, 5) is 33.7. The summed E-state index contributed by atoms with van der Waals surface area (Å²) in [7, 11) is 3.49. The average Bonchev–Trinajstić information content (AvgIpc) is 2.76. The molecule has 22 heavy (non-hydrogen) atoms. The first-order valence-electron chi connectivity index (χ1n) is 7.94. The average molecular weight is 321 g/mol. The normalized spacial score (nSPS) is 24.2. The molecule has 0 radical (unpaired) electrons. The van der Waals surface area contributed by atoms with Crippen molar-refractivity contribution >= 4 is 23.2 Å². The lowest BCUT2D eigenvalue weighted by Gasteiger charge is -2.35. The van der Waals surface area contributed by atoms with Crippen LogP contribution in [-0.2, 0) is 17.6 Å². The smallest absolute Gasteiger partial charge is 0.282 e. The molecule has 3 rings (SSSR count). The van der Waals surface area contributed by atoms with Gasteiger partial charge in [0.25, 0.3) is 5.91 Å². The first-order chi connectivity index (χ1) is 10.5. The van der Waals surface area contributed by atoms with Crippen LogP contribution in [0, 0.1) is 11.8 Å². The van der Waals surface area contributed by atoms with Gasteiger partial charge in [-0.25, -0.2) is 4.98 Å². The highest BCUT2D eigenvalue weighted by molar-refractivity contribution is 7.13. The Morgan fingerprint density at radius 3 is 2.55 bits per heavy atom. The molecule has 0 spiro atoms. The van der Waals surface area contributed by atoms with Crippen molar-refractivity contribution in [3.8, 4) is 0 Å². The number of nitrogens with zero attached hydrogens (tertiary/aromatic N) is 3. The number of fused-ring (bicyclic) bond motifs is 1. The fourth-order valence-corrected chi connectivity index (χ4v) is 4.35.